The van der Waals surface area contributed by atoms with E-state index in [0.29, 0.717) is 27.6 Å². The summed E-state index contributed by atoms with van der Waals surface area (Å²) in [5, 5.41) is 13.4. The first-order valence-corrected chi connectivity index (χ1v) is 14.3. The Balaban J connectivity index is 1.55. The van der Waals surface area contributed by atoms with Gasteiger partial charge in [-0.2, -0.15) is 13.2 Å². The summed E-state index contributed by atoms with van der Waals surface area (Å²) >= 11 is 1.00. The van der Waals surface area contributed by atoms with E-state index in [1.807, 2.05) is 0 Å². The minimum atomic E-state index is -4.76. The number of benzene rings is 2. The van der Waals surface area contributed by atoms with Crippen LogP contribution in [0.5, 0.6) is 0 Å². The lowest BCUT2D eigenvalue weighted by Gasteiger charge is -2.23. The average molecular weight is 644 g/mol. The fourth-order valence-electron chi connectivity index (χ4n) is 4.00. The summed E-state index contributed by atoms with van der Waals surface area (Å²) in [6.07, 6.45) is -1.75. The number of aromatic nitrogens is 1. The van der Waals surface area contributed by atoms with E-state index in [0.717, 1.165) is 5.56 Å². The molecule has 1 atom stereocenters. The van der Waals surface area contributed by atoms with Gasteiger partial charge >= 0.3 is 17.8 Å². The number of allylic oxidation sites excluding steroid dienone is 2. The molecular weight excluding hydrogens is 620 g/mol. The van der Waals surface area contributed by atoms with Crippen molar-refractivity contribution in [3.8, 4) is 0 Å². The highest BCUT2D eigenvalue weighted by molar-refractivity contribution is 8.00. The second-order valence-corrected chi connectivity index (χ2v) is 11.1. The van der Waals surface area contributed by atoms with Crippen LogP contribution < -0.4 is 10.2 Å². The lowest BCUT2D eigenvalue weighted by molar-refractivity contribution is -0.335. The molecule has 3 aromatic rings. The molecule has 2 N–H and O–H groups in total. The summed E-state index contributed by atoms with van der Waals surface area (Å²) in [5.74, 6) is -1.48. The van der Waals surface area contributed by atoms with Gasteiger partial charge in [-0.15, -0.1) is 24.5 Å². The molecule has 15 heteroatoms. The predicted molar refractivity (Wildman–Crippen MR) is 150 cm³/mol. The second kappa shape index (κ2) is 13.7. The van der Waals surface area contributed by atoms with E-state index in [-0.39, 0.29) is 42.6 Å². The molecule has 1 heterocycles. The van der Waals surface area contributed by atoms with E-state index in [4.69, 9.17) is 5.11 Å². The number of aliphatic carboxylic acids is 1. The van der Waals surface area contributed by atoms with Gasteiger partial charge in [0, 0.05) is 28.1 Å². The standard InChI is InChI=1S/C28H23F6N3O4S2/c29-27(30,31)41-21-9-5-18(6-10-21)23-16-42-26(36-23)37(20-7-11-22(12-8-20)43-28(32,33)34)15-17-1-3-19(4-2-17)25(40)35-14-13-24(38)39/h1-9,11-12,16,21H,10,13-15H2,(H,35,40)(H,38,39). The fraction of sp³-hybridized carbons (Fsp3) is 0.250. The number of hydrogen-bond acceptors (Lipinski definition) is 7. The van der Waals surface area contributed by atoms with Crippen LogP contribution in [0.1, 0.15) is 34.5 Å². The molecule has 0 bridgehead atoms. The van der Waals surface area contributed by atoms with Gasteiger partial charge in [-0.3, -0.25) is 14.3 Å². The predicted octanol–water partition coefficient (Wildman–Crippen LogP) is 7.55. The number of alkyl halides is 6. The Morgan fingerprint density at radius 1 is 1.07 bits per heavy atom. The zero-order valence-electron chi connectivity index (χ0n) is 22.0. The number of nitrogens with zero attached hydrogens (tertiary/aromatic N) is 2. The lowest BCUT2D eigenvalue weighted by atomic mass is 10.0. The first kappa shape index (κ1) is 32.1. The van der Waals surface area contributed by atoms with Crippen LogP contribution in [0, 0.1) is 0 Å². The topological polar surface area (TPSA) is 91.8 Å². The summed E-state index contributed by atoms with van der Waals surface area (Å²) in [7, 11) is 0. The van der Waals surface area contributed by atoms with Crippen LogP contribution in [0.4, 0.5) is 37.2 Å². The molecule has 1 aromatic heterocycles. The molecule has 1 aliphatic rings. The quantitative estimate of drug-likeness (QED) is 0.165. The Morgan fingerprint density at radius 2 is 1.77 bits per heavy atom. The molecule has 1 aliphatic carbocycles. The number of anilines is 2. The Hall–Kier alpha value is -3.82. The molecular formula is C28H23F6N3O4S2. The molecule has 0 saturated carbocycles. The van der Waals surface area contributed by atoms with Gasteiger partial charge in [-0.1, -0.05) is 30.4 Å². The van der Waals surface area contributed by atoms with Crippen molar-refractivity contribution in [3.05, 3.63) is 89.0 Å². The number of ether oxygens (including phenoxy) is 1. The molecule has 4 rings (SSSR count). The molecule has 228 valence electrons. The number of hydrogen-bond donors (Lipinski definition) is 2. The third-order valence-corrected chi connectivity index (χ3v) is 7.53. The summed E-state index contributed by atoms with van der Waals surface area (Å²) in [5.41, 5.74) is -1.76. The van der Waals surface area contributed by atoms with Gasteiger partial charge < -0.3 is 15.3 Å². The maximum atomic E-state index is 12.8. The highest BCUT2D eigenvalue weighted by Crippen LogP contribution is 2.39. The number of carboxylic acid groups (broad SMARTS) is 1. The zero-order chi connectivity index (χ0) is 31.2. The van der Waals surface area contributed by atoms with E-state index >= 15 is 0 Å². The van der Waals surface area contributed by atoms with Crippen LogP contribution in [-0.4, -0.2) is 46.5 Å². The van der Waals surface area contributed by atoms with Crippen molar-refractivity contribution < 1.29 is 45.8 Å². The summed E-state index contributed by atoms with van der Waals surface area (Å²) < 4.78 is 80.2. The minimum Gasteiger partial charge on any atom is -0.481 e. The van der Waals surface area contributed by atoms with Crippen molar-refractivity contribution >= 4 is 51.4 Å². The Labute approximate surface area is 249 Å². The van der Waals surface area contributed by atoms with E-state index in [1.54, 1.807) is 40.6 Å². The van der Waals surface area contributed by atoms with Crippen LogP contribution in [0.15, 0.2) is 77.0 Å². The molecule has 0 radical (unpaired) electrons. The monoisotopic (exact) mass is 643 g/mol. The number of nitrogens with one attached hydrogen (secondary N) is 1. The van der Waals surface area contributed by atoms with E-state index in [1.165, 1.54) is 47.8 Å². The third kappa shape index (κ3) is 9.86. The Bertz CT molecular complexity index is 1490. The molecule has 0 saturated heterocycles. The van der Waals surface area contributed by atoms with Gasteiger partial charge in [0.1, 0.15) is 0 Å². The Morgan fingerprint density at radius 3 is 2.35 bits per heavy atom. The number of amides is 1. The van der Waals surface area contributed by atoms with E-state index in [9.17, 15) is 35.9 Å². The number of halogens is 6. The smallest absolute Gasteiger partial charge is 0.481 e. The largest absolute Gasteiger partial charge is 0.523 e. The van der Waals surface area contributed by atoms with Crippen LogP contribution in [0.3, 0.4) is 0 Å². The van der Waals surface area contributed by atoms with Crippen LogP contribution in [0.25, 0.3) is 5.57 Å². The van der Waals surface area contributed by atoms with Crippen molar-refractivity contribution in [1.82, 2.24) is 10.3 Å². The van der Waals surface area contributed by atoms with Crippen LogP contribution in [0.2, 0.25) is 0 Å². The number of rotatable bonds is 11. The van der Waals surface area contributed by atoms with Gasteiger partial charge in [0.15, 0.2) is 5.13 Å². The van der Waals surface area contributed by atoms with Gasteiger partial charge in [0.25, 0.3) is 5.91 Å². The normalized spacial score (nSPS) is 15.2. The molecule has 0 aliphatic heterocycles. The molecule has 7 nitrogen and oxygen atoms in total. The first-order chi connectivity index (χ1) is 20.3. The van der Waals surface area contributed by atoms with Crippen LogP contribution in [-0.2, 0) is 16.1 Å². The number of carboxylic acids is 1. The molecule has 0 fully saturated rings. The zero-order valence-corrected chi connectivity index (χ0v) is 23.6. The number of thiazole rings is 1. The van der Waals surface area contributed by atoms with Crippen molar-refractivity contribution in [2.24, 2.45) is 0 Å². The van der Waals surface area contributed by atoms with Gasteiger partial charge in [0.05, 0.1) is 24.8 Å². The molecule has 0 spiro atoms. The maximum absolute atomic E-state index is 12.8. The second-order valence-electron chi connectivity index (χ2n) is 9.10. The summed E-state index contributed by atoms with van der Waals surface area (Å²) in [4.78, 5) is 29.4. The van der Waals surface area contributed by atoms with Gasteiger partial charge in [-0.05, 0) is 65.7 Å². The molecule has 2 aromatic carbocycles. The first-order valence-electron chi connectivity index (χ1n) is 12.6. The van der Waals surface area contributed by atoms with Crippen LogP contribution >= 0.6 is 23.1 Å². The van der Waals surface area contributed by atoms with E-state index in [2.05, 4.69) is 15.0 Å². The fourth-order valence-corrected chi connectivity index (χ4v) is 5.39. The highest BCUT2D eigenvalue weighted by atomic mass is 32.2. The average Bonchev–Trinajstić information content (AvgIpc) is 3.41. The third-order valence-electron chi connectivity index (χ3n) is 5.93. The SMILES string of the molecule is O=C(O)CCNC(=O)c1ccc(CN(c2ccc(SC(F)(F)F)cc2)c2nc(C3=CCC(OC(F)(F)F)C=C3)cs2)cc1. The minimum absolute atomic E-state index is 0.00224. The number of carbonyl (C=O) groups is 2. The lowest BCUT2D eigenvalue weighted by Crippen LogP contribution is -2.26. The highest BCUT2D eigenvalue weighted by Gasteiger charge is 2.33. The summed E-state index contributed by atoms with van der Waals surface area (Å²) in [6.45, 7) is 0.191. The summed E-state index contributed by atoms with van der Waals surface area (Å²) in [6, 6.07) is 12.2. The Kier molecular flexibility index (Phi) is 10.2. The van der Waals surface area contributed by atoms with Crippen molar-refractivity contribution in [1.29, 1.82) is 0 Å². The van der Waals surface area contributed by atoms with Crippen molar-refractivity contribution in [2.75, 3.05) is 11.4 Å². The van der Waals surface area contributed by atoms with Crippen molar-refractivity contribution in [2.45, 2.75) is 42.3 Å². The van der Waals surface area contributed by atoms with Crippen molar-refractivity contribution in [3.63, 3.8) is 0 Å². The van der Waals surface area contributed by atoms with Gasteiger partial charge in [0.2, 0.25) is 0 Å². The molecule has 43 heavy (non-hydrogen) atoms. The van der Waals surface area contributed by atoms with E-state index < -0.39 is 29.9 Å². The molecule has 1 amide bonds. The van der Waals surface area contributed by atoms with Gasteiger partial charge in [-0.25, -0.2) is 4.98 Å². The molecule has 1 unspecified atom stereocenters. The number of thioether (sulfide) groups is 1. The maximum Gasteiger partial charge on any atom is 0.523 e. The number of carbonyl (C=O) groups excluding carboxylic acids is 1.